The Labute approximate surface area is 142 Å². The molecule has 2 aliphatic heterocycles. The third-order valence-electron chi connectivity index (χ3n) is 4.62. The van der Waals surface area contributed by atoms with Crippen molar-refractivity contribution in [3.8, 4) is 0 Å². The minimum Gasteiger partial charge on any atom is -0.336 e. The van der Waals surface area contributed by atoms with Gasteiger partial charge in [-0.05, 0) is 61.3 Å². The number of piperidine rings is 1. The van der Waals surface area contributed by atoms with Crippen molar-refractivity contribution in [2.24, 2.45) is 0 Å². The number of carbonyl (C=O) groups is 1. The molecule has 0 aromatic heterocycles. The number of carbonyl (C=O) groups excluding carboxylic acids is 1. The van der Waals surface area contributed by atoms with E-state index in [1.807, 2.05) is 35.7 Å². The van der Waals surface area contributed by atoms with E-state index in [4.69, 9.17) is 0 Å². The van der Waals surface area contributed by atoms with Crippen LogP contribution in [0, 0.1) is 0 Å². The maximum atomic E-state index is 12.8. The number of nitrogens with zero attached hydrogens (tertiary/aromatic N) is 1. The van der Waals surface area contributed by atoms with Crippen molar-refractivity contribution in [3.63, 3.8) is 0 Å². The van der Waals surface area contributed by atoms with Gasteiger partial charge in [0.25, 0.3) is 5.91 Å². The topological polar surface area (TPSA) is 20.3 Å². The highest BCUT2D eigenvalue weighted by Gasteiger charge is 2.26. The van der Waals surface area contributed by atoms with Gasteiger partial charge in [0, 0.05) is 18.2 Å². The van der Waals surface area contributed by atoms with Gasteiger partial charge in [0.15, 0.2) is 0 Å². The monoisotopic (exact) mass is 335 g/mol. The Kier molecular flexibility index (Phi) is 5.75. The van der Waals surface area contributed by atoms with Crippen LogP contribution in [0.2, 0.25) is 0 Å². The summed E-state index contributed by atoms with van der Waals surface area (Å²) in [5, 5.41) is 0. The molecular formula is C18H25NOS2. The fourth-order valence-electron chi connectivity index (χ4n) is 3.32. The molecule has 1 unspecified atom stereocenters. The standard InChI is InChI=1S/C18H25NOS2/c1-2-16-6-3-4-11-19(16)17(20)14-7-9-15(10-8-14)18-21-12-5-13-22-18/h7-10,16,18H,2-6,11-13H2,1H3. The van der Waals surface area contributed by atoms with E-state index in [0.29, 0.717) is 10.6 Å². The van der Waals surface area contributed by atoms with E-state index in [-0.39, 0.29) is 5.91 Å². The number of thioether (sulfide) groups is 2. The molecule has 2 fully saturated rings. The Balaban J connectivity index is 1.70. The van der Waals surface area contributed by atoms with Crippen LogP contribution in [0.4, 0.5) is 0 Å². The second kappa shape index (κ2) is 7.78. The van der Waals surface area contributed by atoms with Crippen LogP contribution < -0.4 is 0 Å². The van der Waals surface area contributed by atoms with Crippen molar-refractivity contribution in [1.82, 2.24) is 4.90 Å². The van der Waals surface area contributed by atoms with Gasteiger partial charge in [-0.25, -0.2) is 0 Å². The summed E-state index contributed by atoms with van der Waals surface area (Å²) in [6.07, 6.45) is 5.96. The van der Waals surface area contributed by atoms with Crippen LogP contribution in [-0.4, -0.2) is 34.9 Å². The highest BCUT2D eigenvalue weighted by Crippen LogP contribution is 2.43. The zero-order valence-electron chi connectivity index (χ0n) is 13.3. The van der Waals surface area contributed by atoms with Crippen LogP contribution in [0.3, 0.4) is 0 Å². The van der Waals surface area contributed by atoms with E-state index < -0.39 is 0 Å². The van der Waals surface area contributed by atoms with E-state index in [9.17, 15) is 4.79 Å². The molecule has 1 aromatic rings. The minimum atomic E-state index is 0.224. The first-order chi connectivity index (χ1) is 10.8. The van der Waals surface area contributed by atoms with Gasteiger partial charge < -0.3 is 4.90 Å². The highest BCUT2D eigenvalue weighted by atomic mass is 32.2. The second-order valence-corrected chi connectivity index (χ2v) is 8.83. The Morgan fingerprint density at radius 3 is 2.55 bits per heavy atom. The summed E-state index contributed by atoms with van der Waals surface area (Å²) in [7, 11) is 0. The number of benzene rings is 1. The molecule has 2 aliphatic rings. The van der Waals surface area contributed by atoms with E-state index in [0.717, 1.165) is 31.4 Å². The lowest BCUT2D eigenvalue weighted by Crippen LogP contribution is -2.43. The van der Waals surface area contributed by atoms with Crippen LogP contribution >= 0.6 is 23.5 Å². The fraction of sp³-hybridized carbons (Fsp3) is 0.611. The summed E-state index contributed by atoms with van der Waals surface area (Å²) in [5.41, 5.74) is 2.21. The first kappa shape index (κ1) is 16.3. The average molecular weight is 336 g/mol. The molecule has 0 saturated carbocycles. The summed E-state index contributed by atoms with van der Waals surface area (Å²) in [5.74, 6) is 2.73. The van der Waals surface area contributed by atoms with E-state index in [2.05, 4.69) is 24.0 Å². The molecule has 0 aliphatic carbocycles. The predicted molar refractivity (Wildman–Crippen MR) is 97.7 cm³/mol. The quantitative estimate of drug-likeness (QED) is 0.778. The molecule has 1 aromatic carbocycles. The zero-order chi connectivity index (χ0) is 15.4. The van der Waals surface area contributed by atoms with Crippen LogP contribution in [-0.2, 0) is 0 Å². The lowest BCUT2D eigenvalue weighted by molar-refractivity contribution is 0.0608. The number of amides is 1. The van der Waals surface area contributed by atoms with Crippen molar-refractivity contribution < 1.29 is 4.79 Å². The van der Waals surface area contributed by atoms with Gasteiger partial charge in [-0.2, -0.15) is 0 Å². The minimum absolute atomic E-state index is 0.224. The van der Waals surface area contributed by atoms with Crippen molar-refractivity contribution >= 4 is 29.4 Å². The van der Waals surface area contributed by atoms with Crippen molar-refractivity contribution in [2.75, 3.05) is 18.1 Å². The van der Waals surface area contributed by atoms with Gasteiger partial charge in [0.1, 0.15) is 0 Å². The average Bonchev–Trinajstić information content (AvgIpc) is 2.62. The summed E-state index contributed by atoms with van der Waals surface area (Å²) in [6, 6.07) is 8.83. The maximum absolute atomic E-state index is 12.8. The number of hydrogen-bond donors (Lipinski definition) is 0. The molecule has 22 heavy (non-hydrogen) atoms. The van der Waals surface area contributed by atoms with Gasteiger partial charge in [-0.3, -0.25) is 4.79 Å². The Morgan fingerprint density at radius 2 is 1.86 bits per heavy atom. The van der Waals surface area contributed by atoms with Crippen molar-refractivity contribution in [2.45, 2.75) is 49.7 Å². The summed E-state index contributed by atoms with van der Waals surface area (Å²) in [6.45, 7) is 3.12. The second-order valence-electron chi connectivity index (χ2n) is 6.11. The lowest BCUT2D eigenvalue weighted by Gasteiger charge is -2.35. The molecular weight excluding hydrogens is 310 g/mol. The van der Waals surface area contributed by atoms with Crippen molar-refractivity contribution in [1.29, 1.82) is 0 Å². The molecule has 2 nitrogen and oxygen atoms in total. The molecule has 0 bridgehead atoms. The van der Waals surface area contributed by atoms with Gasteiger partial charge in [0.2, 0.25) is 0 Å². The SMILES string of the molecule is CCC1CCCCN1C(=O)c1ccc(C2SCCCS2)cc1. The van der Waals surface area contributed by atoms with Crippen LogP contribution in [0.1, 0.15) is 59.5 Å². The molecule has 4 heteroatoms. The molecule has 120 valence electrons. The molecule has 0 spiro atoms. The third-order valence-corrected chi connectivity index (χ3v) is 7.63. The largest absolute Gasteiger partial charge is 0.336 e. The van der Waals surface area contributed by atoms with Crippen LogP contribution in [0.5, 0.6) is 0 Å². The fourth-order valence-corrected chi connectivity index (χ4v) is 6.22. The van der Waals surface area contributed by atoms with Gasteiger partial charge >= 0.3 is 0 Å². The summed E-state index contributed by atoms with van der Waals surface area (Å²) < 4.78 is 0.552. The molecule has 1 amide bonds. The number of hydrogen-bond acceptors (Lipinski definition) is 3. The molecule has 2 heterocycles. The first-order valence-corrected chi connectivity index (χ1v) is 10.5. The Hall–Kier alpha value is -0.610. The molecule has 3 rings (SSSR count). The first-order valence-electron chi connectivity index (χ1n) is 8.43. The highest BCUT2D eigenvalue weighted by molar-refractivity contribution is 8.16. The molecule has 0 radical (unpaired) electrons. The molecule has 1 atom stereocenters. The Morgan fingerprint density at radius 1 is 1.14 bits per heavy atom. The molecule has 2 saturated heterocycles. The number of likely N-dealkylation sites (tertiary alicyclic amines) is 1. The lowest BCUT2D eigenvalue weighted by atomic mass is 9.98. The third kappa shape index (κ3) is 3.65. The molecule has 0 N–H and O–H groups in total. The predicted octanol–water partition coefficient (Wildman–Crippen LogP) is 4.96. The number of rotatable bonds is 3. The van der Waals surface area contributed by atoms with E-state index in [1.165, 1.54) is 29.9 Å². The smallest absolute Gasteiger partial charge is 0.254 e. The Bertz CT molecular complexity index is 496. The van der Waals surface area contributed by atoms with Gasteiger partial charge in [-0.1, -0.05) is 19.1 Å². The van der Waals surface area contributed by atoms with Gasteiger partial charge in [-0.15, -0.1) is 23.5 Å². The maximum Gasteiger partial charge on any atom is 0.254 e. The summed E-state index contributed by atoms with van der Waals surface area (Å²) >= 11 is 4.06. The van der Waals surface area contributed by atoms with Gasteiger partial charge in [0.05, 0.1) is 4.58 Å². The van der Waals surface area contributed by atoms with E-state index >= 15 is 0 Å². The zero-order valence-corrected chi connectivity index (χ0v) is 14.9. The normalized spacial score (nSPS) is 23.5. The van der Waals surface area contributed by atoms with E-state index in [1.54, 1.807) is 0 Å². The van der Waals surface area contributed by atoms with Crippen LogP contribution in [0.15, 0.2) is 24.3 Å². The van der Waals surface area contributed by atoms with Crippen LogP contribution in [0.25, 0.3) is 0 Å². The van der Waals surface area contributed by atoms with Crippen molar-refractivity contribution in [3.05, 3.63) is 35.4 Å². The summed E-state index contributed by atoms with van der Waals surface area (Å²) in [4.78, 5) is 14.9.